The molecule has 0 saturated carbocycles. The van der Waals surface area contributed by atoms with E-state index in [1.807, 2.05) is 12.1 Å². The highest BCUT2D eigenvalue weighted by atomic mass is 16.5. The van der Waals surface area contributed by atoms with Crippen molar-refractivity contribution in [3.63, 3.8) is 0 Å². The lowest BCUT2D eigenvalue weighted by Gasteiger charge is -2.10. The lowest BCUT2D eigenvalue weighted by Crippen LogP contribution is -2.22. The molecule has 0 aliphatic heterocycles. The van der Waals surface area contributed by atoms with Gasteiger partial charge in [0.15, 0.2) is 0 Å². The van der Waals surface area contributed by atoms with Crippen LogP contribution in [-0.4, -0.2) is 18.1 Å². The first-order valence-electron chi connectivity index (χ1n) is 5.00. The van der Waals surface area contributed by atoms with Crippen molar-refractivity contribution < 1.29 is 4.74 Å². The van der Waals surface area contributed by atoms with Crippen molar-refractivity contribution in [1.29, 1.82) is 0 Å². The maximum atomic E-state index is 5.95. The van der Waals surface area contributed by atoms with Gasteiger partial charge in [-0.05, 0) is 24.5 Å². The van der Waals surface area contributed by atoms with Gasteiger partial charge in [0.1, 0.15) is 0 Å². The molecule has 2 N–H and O–H groups in total. The standard InChI is InChI=1S/C11H18N2O/c1-3-4-10(12)7-9-5-6-13-11(8-9)14-2/h5-6,8,10H,3-4,7,12H2,1-2H3. The van der Waals surface area contributed by atoms with Gasteiger partial charge in [-0.3, -0.25) is 0 Å². The fraction of sp³-hybridized carbons (Fsp3) is 0.545. The molecular formula is C11H18N2O. The van der Waals surface area contributed by atoms with Crippen LogP contribution in [0.25, 0.3) is 0 Å². The van der Waals surface area contributed by atoms with E-state index >= 15 is 0 Å². The molecule has 0 radical (unpaired) electrons. The van der Waals surface area contributed by atoms with Gasteiger partial charge in [-0.2, -0.15) is 0 Å². The van der Waals surface area contributed by atoms with Crippen LogP contribution in [0.15, 0.2) is 18.3 Å². The largest absolute Gasteiger partial charge is 0.481 e. The molecule has 0 aromatic carbocycles. The average Bonchev–Trinajstić information content (AvgIpc) is 2.18. The molecule has 78 valence electrons. The van der Waals surface area contributed by atoms with Crippen LogP contribution in [-0.2, 0) is 6.42 Å². The second kappa shape index (κ2) is 5.60. The number of nitrogens with zero attached hydrogens (tertiary/aromatic N) is 1. The summed E-state index contributed by atoms with van der Waals surface area (Å²) in [6.45, 7) is 2.15. The monoisotopic (exact) mass is 194 g/mol. The molecular weight excluding hydrogens is 176 g/mol. The third kappa shape index (κ3) is 3.34. The zero-order valence-electron chi connectivity index (χ0n) is 8.86. The van der Waals surface area contributed by atoms with E-state index in [2.05, 4.69) is 11.9 Å². The van der Waals surface area contributed by atoms with Crippen LogP contribution >= 0.6 is 0 Å². The third-order valence-corrected chi connectivity index (χ3v) is 2.17. The molecule has 3 heteroatoms. The van der Waals surface area contributed by atoms with Gasteiger partial charge in [-0.1, -0.05) is 13.3 Å². The normalized spacial score (nSPS) is 12.5. The summed E-state index contributed by atoms with van der Waals surface area (Å²) in [5.74, 6) is 0.659. The first-order chi connectivity index (χ1) is 6.76. The second-order valence-electron chi connectivity index (χ2n) is 3.46. The molecule has 0 bridgehead atoms. The van der Waals surface area contributed by atoms with E-state index in [0.717, 1.165) is 19.3 Å². The fourth-order valence-electron chi connectivity index (χ4n) is 1.46. The van der Waals surface area contributed by atoms with E-state index in [1.165, 1.54) is 5.56 Å². The third-order valence-electron chi connectivity index (χ3n) is 2.17. The number of nitrogens with two attached hydrogens (primary N) is 1. The van der Waals surface area contributed by atoms with Crippen molar-refractivity contribution in [1.82, 2.24) is 4.98 Å². The number of methoxy groups -OCH3 is 1. The quantitative estimate of drug-likeness (QED) is 0.777. The van der Waals surface area contributed by atoms with Gasteiger partial charge >= 0.3 is 0 Å². The van der Waals surface area contributed by atoms with Gasteiger partial charge < -0.3 is 10.5 Å². The number of hydrogen-bond acceptors (Lipinski definition) is 3. The van der Waals surface area contributed by atoms with Crippen LogP contribution in [0.1, 0.15) is 25.3 Å². The van der Waals surface area contributed by atoms with Crippen LogP contribution in [0.2, 0.25) is 0 Å². The van der Waals surface area contributed by atoms with E-state index in [1.54, 1.807) is 13.3 Å². The zero-order valence-corrected chi connectivity index (χ0v) is 8.86. The Bertz CT molecular complexity index is 276. The Morgan fingerprint density at radius 3 is 3.00 bits per heavy atom. The lowest BCUT2D eigenvalue weighted by atomic mass is 10.0. The van der Waals surface area contributed by atoms with Gasteiger partial charge in [-0.25, -0.2) is 4.98 Å². The molecule has 1 heterocycles. The highest BCUT2D eigenvalue weighted by Crippen LogP contribution is 2.11. The van der Waals surface area contributed by atoms with Gasteiger partial charge in [0.2, 0.25) is 5.88 Å². The number of ether oxygens (including phenoxy) is 1. The fourth-order valence-corrected chi connectivity index (χ4v) is 1.46. The summed E-state index contributed by atoms with van der Waals surface area (Å²) in [5, 5.41) is 0. The minimum atomic E-state index is 0.243. The van der Waals surface area contributed by atoms with Crippen LogP contribution < -0.4 is 10.5 Å². The predicted molar refractivity (Wildman–Crippen MR) is 57.4 cm³/mol. The topological polar surface area (TPSA) is 48.1 Å². The summed E-state index contributed by atoms with van der Waals surface area (Å²) in [5.41, 5.74) is 7.14. The second-order valence-corrected chi connectivity index (χ2v) is 3.46. The molecule has 0 spiro atoms. The summed E-state index contributed by atoms with van der Waals surface area (Å²) in [4.78, 5) is 4.05. The number of rotatable bonds is 5. The lowest BCUT2D eigenvalue weighted by molar-refractivity contribution is 0.397. The molecule has 1 unspecified atom stereocenters. The van der Waals surface area contributed by atoms with Crippen molar-refractivity contribution in [3.8, 4) is 5.88 Å². The molecule has 1 aromatic heterocycles. The molecule has 0 aliphatic carbocycles. The van der Waals surface area contributed by atoms with Crippen LogP contribution in [0.4, 0.5) is 0 Å². The number of hydrogen-bond donors (Lipinski definition) is 1. The first-order valence-corrected chi connectivity index (χ1v) is 5.00. The summed E-state index contributed by atoms with van der Waals surface area (Å²) in [6.07, 6.45) is 4.84. The molecule has 0 amide bonds. The maximum Gasteiger partial charge on any atom is 0.213 e. The highest BCUT2D eigenvalue weighted by Gasteiger charge is 2.03. The smallest absolute Gasteiger partial charge is 0.213 e. The number of pyridine rings is 1. The van der Waals surface area contributed by atoms with Crippen molar-refractivity contribution in [2.45, 2.75) is 32.2 Å². The predicted octanol–water partition coefficient (Wildman–Crippen LogP) is 1.76. The molecule has 0 aliphatic rings. The first kappa shape index (κ1) is 11.0. The molecule has 3 nitrogen and oxygen atoms in total. The van der Waals surface area contributed by atoms with Crippen LogP contribution in [0, 0.1) is 0 Å². The van der Waals surface area contributed by atoms with Gasteiger partial charge in [-0.15, -0.1) is 0 Å². The van der Waals surface area contributed by atoms with E-state index in [9.17, 15) is 0 Å². The average molecular weight is 194 g/mol. The molecule has 0 saturated heterocycles. The Hall–Kier alpha value is -1.09. The van der Waals surface area contributed by atoms with Crippen molar-refractivity contribution in [2.75, 3.05) is 7.11 Å². The SMILES string of the molecule is CCCC(N)Cc1ccnc(OC)c1. The van der Waals surface area contributed by atoms with Crippen LogP contribution in [0.5, 0.6) is 5.88 Å². The van der Waals surface area contributed by atoms with E-state index in [-0.39, 0.29) is 6.04 Å². The molecule has 0 fully saturated rings. The molecule has 1 rings (SSSR count). The summed E-state index contributed by atoms with van der Waals surface area (Å²) < 4.78 is 5.04. The Morgan fingerprint density at radius 1 is 1.57 bits per heavy atom. The van der Waals surface area contributed by atoms with Crippen molar-refractivity contribution >= 4 is 0 Å². The Kier molecular flexibility index (Phi) is 4.40. The highest BCUT2D eigenvalue weighted by molar-refractivity contribution is 5.21. The van der Waals surface area contributed by atoms with E-state index < -0.39 is 0 Å². The Balaban J connectivity index is 2.57. The van der Waals surface area contributed by atoms with Gasteiger partial charge in [0.05, 0.1) is 7.11 Å². The van der Waals surface area contributed by atoms with Gasteiger partial charge in [0.25, 0.3) is 0 Å². The van der Waals surface area contributed by atoms with Crippen molar-refractivity contribution in [3.05, 3.63) is 23.9 Å². The van der Waals surface area contributed by atoms with Gasteiger partial charge in [0, 0.05) is 18.3 Å². The summed E-state index contributed by atoms with van der Waals surface area (Å²) in [7, 11) is 1.62. The van der Waals surface area contributed by atoms with E-state index in [0.29, 0.717) is 5.88 Å². The molecule has 14 heavy (non-hydrogen) atoms. The number of aromatic nitrogens is 1. The Morgan fingerprint density at radius 2 is 2.36 bits per heavy atom. The maximum absolute atomic E-state index is 5.95. The van der Waals surface area contributed by atoms with Crippen molar-refractivity contribution in [2.24, 2.45) is 5.73 Å². The zero-order chi connectivity index (χ0) is 10.4. The van der Waals surface area contributed by atoms with E-state index in [4.69, 9.17) is 10.5 Å². The minimum Gasteiger partial charge on any atom is -0.481 e. The summed E-state index contributed by atoms with van der Waals surface area (Å²) >= 11 is 0. The van der Waals surface area contributed by atoms with Crippen LogP contribution in [0.3, 0.4) is 0 Å². The summed E-state index contributed by atoms with van der Waals surface area (Å²) in [6, 6.07) is 4.17. The molecule has 1 atom stereocenters. The minimum absolute atomic E-state index is 0.243. The molecule has 1 aromatic rings. The Labute approximate surface area is 85.3 Å².